The Morgan fingerprint density at radius 1 is 0.786 bits per heavy atom. The van der Waals surface area contributed by atoms with Gasteiger partial charge < -0.3 is 0 Å². The predicted molar refractivity (Wildman–Crippen MR) is 60.1 cm³/mol. The highest BCUT2D eigenvalue weighted by molar-refractivity contribution is 5.01. The van der Waals surface area contributed by atoms with Crippen LogP contribution < -0.4 is 0 Å². The standard InChI is InChI=1S/C14H24/c1-14(13-7-8-13)9-12(10-14)11-5-3-2-4-6-11/h11-13H,2-10H2,1H3. The Morgan fingerprint density at radius 3 is 2.00 bits per heavy atom. The van der Waals surface area contributed by atoms with E-state index in [0.717, 1.165) is 23.2 Å². The zero-order valence-electron chi connectivity index (χ0n) is 9.60. The molecular formula is C14H24. The van der Waals surface area contributed by atoms with Gasteiger partial charge in [-0.25, -0.2) is 0 Å². The van der Waals surface area contributed by atoms with Gasteiger partial charge in [0.15, 0.2) is 0 Å². The Kier molecular flexibility index (Phi) is 2.15. The van der Waals surface area contributed by atoms with E-state index in [1.165, 1.54) is 19.3 Å². The van der Waals surface area contributed by atoms with Gasteiger partial charge in [0.25, 0.3) is 0 Å². The van der Waals surface area contributed by atoms with Gasteiger partial charge >= 0.3 is 0 Å². The molecule has 3 rings (SSSR count). The molecule has 0 heteroatoms. The Balaban J connectivity index is 1.52. The van der Waals surface area contributed by atoms with Crippen molar-refractivity contribution in [2.75, 3.05) is 0 Å². The van der Waals surface area contributed by atoms with E-state index in [4.69, 9.17) is 0 Å². The lowest BCUT2D eigenvalue weighted by molar-refractivity contribution is 0.00126. The normalized spacial score (nSPS) is 44.8. The van der Waals surface area contributed by atoms with E-state index < -0.39 is 0 Å². The first-order chi connectivity index (χ1) is 6.78. The van der Waals surface area contributed by atoms with Crippen molar-refractivity contribution in [3.05, 3.63) is 0 Å². The van der Waals surface area contributed by atoms with Gasteiger partial charge in [0, 0.05) is 0 Å². The zero-order chi connectivity index (χ0) is 9.60. The summed E-state index contributed by atoms with van der Waals surface area (Å²) in [5, 5.41) is 0. The topological polar surface area (TPSA) is 0 Å². The average Bonchev–Trinajstić information content (AvgIpc) is 2.98. The summed E-state index contributed by atoms with van der Waals surface area (Å²) in [4.78, 5) is 0. The summed E-state index contributed by atoms with van der Waals surface area (Å²) >= 11 is 0. The number of hydrogen-bond acceptors (Lipinski definition) is 0. The number of hydrogen-bond donors (Lipinski definition) is 0. The van der Waals surface area contributed by atoms with Crippen LogP contribution in [-0.4, -0.2) is 0 Å². The molecule has 0 unspecified atom stereocenters. The van der Waals surface area contributed by atoms with E-state index in [-0.39, 0.29) is 0 Å². The second-order valence-electron chi connectivity index (χ2n) is 6.49. The molecule has 3 aliphatic rings. The van der Waals surface area contributed by atoms with Gasteiger partial charge in [-0.05, 0) is 48.9 Å². The monoisotopic (exact) mass is 192 g/mol. The molecule has 3 saturated carbocycles. The highest BCUT2D eigenvalue weighted by Crippen LogP contribution is 2.61. The molecule has 0 nitrogen and oxygen atoms in total. The molecule has 3 aliphatic carbocycles. The molecule has 0 aromatic rings. The third-order valence-electron chi connectivity index (χ3n) is 5.34. The van der Waals surface area contributed by atoms with E-state index in [1.807, 2.05) is 0 Å². The Bertz CT molecular complexity index is 202. The molecule has 0 heterocycles. The van der Waals surface area contributed by atoms with Gasteiger partial charge in [-0.15, -0.1) is 0 Å². The first-order valence-electron chi connectivity index (χ1n) is 6.78. The van der Waals surface area contributed by atoms with Crippen LogP contribution in [0.25, 0.3) is 0 Å². The van der Waals surface area contributed by atoms with Crippen LogP contribution in [-0.2, 0) is 0 Å². The largest absolute Gasteiger partial charge is 0.0594 e. The molecular weight excluding hydrogens is 168 g/mol. The van der Waals surface area contributed by atoms with Crippen molar-refractivity contribution in [3.63, 3.8) is 0 Å². The van der Waals surface area contributed by atoms with Crippen molar-refractivity contribution in [2.45, 2.75) is 64.7 Å². The summed E-state index contributed by atoms with van der Waals surface area (Å²) < 4.78 is 0. The van der Waals surface area contributed by atoms with E-state index in [9.17, 15) is 0 Å². The summed E-state index contributed by atoms with van der Waals surface area (Å²) in [6.07, 6.45) is 14.0. The third-order valence-corrected chi connectivity index (χ3v) is 5.34. The SMILES string of the molecule is CC1(C2CC2)CC(C2CCCCC2)C1. The fourth-order valence-corrected chi connectivity index (χ4v) is 4.19. The number of rotatable bonds is 2. The minimum Gasteiger partial charge on any atom is -0.0594 e. The molecule has 0 saturated heterocycles. The van der Waals surface area contributed by atoms with Crippen molar-refractivity contribution in [3.8, 4) is 0 Å². The highest BCUT2D eigenvalue weighted by Gasteiger charge is 2.51. The molecule has 0 aromatic carbocycles. The van der Waals surface area contributed by atoms with E-state index in [1.54, 1.807) is 38.5 Å². The molecule has 0 atom stereocenters. The minimum atomic E-state index is 0.808. The first kappa shape index (κ1) is 9.24. The molecule has 0 spiro atoms. The lowest BCUT2D eigenvalue weighted by Gasteiger charge is -2.50. The van der Waals surface area contributed by atoms with Crippen LogP contribution in [0.15, 0.2) is 0 Å². The molecule has 0 amide bonds. The third kappa shape index (κ3) is 1.51. The van der Waals surface area contributed by atoms with E-state index in [2.05, 4.69) is 6.92 Å². The van der Waals surface area contributed by atoms with Gasteiger partial charge in [-0.2, -0.15) is 0 Å². The van der Waals surface area contributed by atoms with Crippen molar-refractivity contribution in [1.29, 1.82) is 0 Å². The van der Waals surface area contributed by atoms with Crippen molar-refractivity contribution in [1.82, 2.24) is 0 Å². The predicted octanol–water partition coefficient (Wildman–Crippen LogP) is 4.39. The van der Waals surface area contributed by atoms with Crippen LogP contribution in [0.1, 0.15) is 64.7 Å². The molecule has 14 heavy (non-hydrogen) atoms. The highest BCUT2D eigenvalue weighted by atomic mass is 14.6. The summed E-state index contributed by atoms with van der Waals surface area (Å²) in [6, 6.07) is 0. The fourth-order valence-electron chi connectivity index (χ4n) is 4.19. The maximum atomic E-state index is 2.56. The van der Waals surface area contributed by atoms with Crippen LogP contribution in [0.3, 0.4) is 0 Å². The lowest BCUT2D eigenvalue weighted by Crippen LogP contribution is -2.40. The second-order valence-corrected chi connectivity index (χ2v) is 6.49. The molecule has 0 N–H and O–H groups in total. The van der Waals surface area contributed by atoms with Crippen LogP contribution in [0.4, 0.5) is 0 Å². The maximum Gasteiger partial charge on any atom is -0.0292 e. The zero-order valence-corrected chi connectivity index (χ0v) is 9.60. The first-order valence-corrected chi connectivity index (χ1v) is 6.78. The average molecular weight is 192 g/mol. The van der Waals surface area contributed by atoms with Gasteiger partial charge in [0.1, 0.15) is 0 Å². The molecule has 80 valence electrons. The van der Waals surface area contributed by atoms with Crippen LogP contribution in [0, 0.1) is 23.2 Å². The fraction of sp³-hybridized carbons (Fsp3) is 1.00. The Hall–Kier alpha value is 0. The summed E-state index contributed by atoms with van der Waals surface area (Å²) in [6.45, 7) is 2.56. The molecule has 0 bridgehead atoms. The molecule has 0 aliphatic heterocycles. The minimum absolute atomic E-state index is 0.808. The quantitative estimate of drug-likeness (QED) is 0.608. The van der Waals surface area contributed by atoms with E-state index in [0.29, 0.717) is 0 Å². The van der Waals surface area contributed by atoms with Gasteiger partial charge in [-0.1, -0.05) is 39.0 Å². The van der Waals surface area contributed by atoms with E-state index >= 15 is 0 Å². The summed E-state index contributed by atoms with van der Waals surface area (Å²) in [7, 11) is 0. The lowest BCUT2D eigenvalue weighted by atomic mass is 9.55. The van der Waals surface area contributed by atoms with Gasteiger partial charge in [-0.3, -0.25) is 0 Å². The molecule has 0 aromatic heterocycles. The van der Waals surface area contributed by atoms with Gasteiger partial charge in [0.05, 0.1) is 0 Å². The summed E-state index contributed by atoms with van der Waals surface area (Å²) in [5.41, 5.74) is 0.808. The van der Waals surface area contributed by atoms with Crippen molar-refractivity contribution in [2.24, 2.45) is 23.2 Å². The molecule has 3 fully saturated rings. The maximum absolute atomic E-state index is 2.56. The molecule has 0 radical (unpaired) electrons. The smallest absolute Gasteiger partial charge is 0.0292 e. The second kappa shape index (κ2) is 3.25. The van der Waals surface area contributed by atoms with Crippen molar-refractivity contribution >= 4 is 0 Å². The van der Waals surface area contributed by atoms with Crippen LogP contribution in [0.2, 0.25) is 0 Å². The summed E-state index contributed by atoms with van der Waals surface area (Å²) in [5.74, 6) is 3.42. The Morgan fingerprint density at radius 2 is 1.43 bits per heavy atom. The van der Waals surface area contributed by atoms with Crippen LogP contribution >= 0.6 is 0 Å². The van der Waals surface area contributed by atoms with Crippen molar-refractivity contribution < 1.29 is 0 Å². The Labute approximate surface area is 88.5 Å². The van der Waals surface area contributed by atoms with Crippen LogP contribution in [0.5, 0.6) is 0 Å². The van der Waals surface area contributed by atoms with Gasteiger partial charge in [0.2, 0.25) is 0 Å².